The van der Waals surface area contributed by atoms with E-state index in [1.54, 1.807) is 17.0 Å². The minimum atomic E-state index is -0.307. The Morgan fingerprint density at radius 3 is 2.58 bits per heavy atom. The smallest absolute Gasteiger partial charge is 0.228 e. The highest BCUT2D eigenvalue weighted by molar-refractivity contribution is 6.33. The van der Waals surface area contributed by atoms with E-state index in [2.05, 4.69) is 4.90 Å². The summed E-state index contributed by atoms with van der Waals surface area (Å²) in [4.78, 5) is 30.6. The van der Waals surface area contributed by atoms with Gasteiger partial charge < -0.3 is 14.9 Å². The van der Waals surface area contributed by atoms with Gasteiger partial charge in [0.05, 0.1) is 23.2 Å². The van der Waals surface area contributed by atoms with E-state index < -0.39 is 0 Å². The van der Waals surface area contributed by atoms with Crippen LogP contribution in [0.25, 0.3) is 0 Å². The minimum absolute atomic E-state index is 0.0431. The molecule has 0 saturated carbocycles. The van der Waals surface area contributed by atoms with Crippen LogP contribution in [0.3, 0.4) is 0 Å². The second-order valence-electron chi connectivity index (χ2n) is 6.25. The number of aliphatic hydroxyl groups is 1. The summed E-state index contributed by atoms with van der Waals surface area (Å²) in [7, 11) is 0. The Balaban J connectivity index is 1.62. The summed E-state index contributed by atoms with van der Waals surface area (Å²) in [5.74, 6) is -0.319. The lowest BCUT2D eigenvalue weighted by molar-refractivity contribution is -0.137. The third-order valence-electron chi connectivity index (χ3n) is 4.72. The third kappa shape index (κ3) is 3.55. The Kier molecular flexibility index (Phi) is 5.38. The molecule has 0 aromatic heterocycles. The predicted molar refractivity (Wildman–Crippen MR) is 92.0 cm³/mol. The molecule has 6 nitrogen and oxygen atoms in total. The lowest BCUT2D eigenvalue weighted by Gasteiger charge is -2.35. The molecule has 0 aliphatic carbocycles. The average Bonchev–Trinajstić information content (AvgIpc) is 2.97. The van der Waals surface area contributed by atoms with Crippen LogP contribution >= 0.6 is 11.6 Å². The molecule has 1 N–H and O–H groups in total. The zero-order valence-corrected chi connectivity index (χ0v) is 14.3. The Morgan fingerprint density at radius 2 is 1.92 bits per heavy atom. The van der Waals surface area contributed by atoms with Gasteiger partial charge >= 0.3 is 0 Å². The van der Waals surface area contributed by atoms with Crippen molar-refractivity contribution in [2.45, 2.75) is 6.42 Å². The van der Waals surface area contributed by atoms with Crippen LogP contribution in [0.15, 0.2) is 24.3 Å². The number of para-hydroxylation sites is 1. The van der Waals surface area contributed by atoms with Crippen LogP contribution in [0.1, 0.15) is 6.42 Å². The Labute approximate surface area is 146 Å². The summed E-state index contributed by atoms with van der Waals surface area (Å²) in [6.45, 7) is 3.99. The number of aliphatic hydroxyl groups excluding tert-OH is 1. The van der Waals surface area contributed by atoms with E-state index in [1.807, 2.05) is 17.0 Å². The molecule has 3 rings (SSSR count). The summed E-state index contributed by atoms with van der Waals surface area (Å²) >= 11 is 6.18. The first kappa shape index (κ1) is 17.2. The van der Waals surface area contributed by atoms with Gasteiger partial charge in [0, 0.05) is 45.7 Å². The zero-order chi connectivity index (χ0) is 17.1. The van der Waals surface area contributed by atoms with Crippen molar-refractivity contribution < 1.29 is 14.7 Å². The van der Waals surface area contributed by atoms with Crippen LogP contribution in [-0.2, 0) is 9.59 Å². The molecule has 1 aromatic carbocycles. The van der Waals surface area contributed by atoms with Gasteiger partial charge in [0.15, 0.2) is 0 Å². The molecule has 2 saturated heterocycles. The molecular formula is C17H22ClN3O3. The molecule has 1 aromatic rings. The number of carbonyl (C=O) groups excluding carboxylic acids is 2. The van der Waals surface area contributed by atoms with Gasteiger partial charge in [0.2, 0.25) is 11.8 Å². The normalized spacial score (nSPS) is 22.2. The Hall–Kier alpha value is -1.63. The van der Waals surface area contributed by atoms with Crippen LogP contribution < -0.4 is 4.90 Å². The molecule has 1 unspecified atom stereocenters. The van der Waals surface area contributed by atoms with Crippen LogP contribution in [0.4, 0.5) is 5.69 Å². The zero-order valence-electron chi connectivity index (χ0n) is 13.5. The summed E-state index contributed by atoms with van der Waals surface area (Å²) in [6, 6.07) is 7.21. The van der Waals surface area contributed by atoms with Gasteiger partial charge in [-0.3, -0.25) is 14.5 Å². The number of carbonyl (C=O) groups is 2. The third-order valence-corrected chi connectivity index (χ3v) is 5.04. The van der Waals surface area contributed by atoms with Crippen molar-refractivity contribution in [3.8, 4) is 0 Å². The predicted octanol–water partition coefficient (Wildman–Crippen LogP) is 0.829. The fraction of sp³-hybridized carbons (Fsp3) is 0.529. The standard InChI is InChI=1S/C17H22ClN3O3/c18-14-3-1-2-4-15(14)21-12-13(11-16(21)23)17(24)20-7-5-19(6-8-20)9-10-22/h1-4,13,22H,5-12H2. The van der Waals surface area contributed by atoms with E-state index in [-0.39, 0.29) is 30.8 Å². The van der Waals surface area contributed by atoms with Gasteiger partial charge in [-0.25, -0.2) is 0 Å². The maximum atomic E-state index is 12.7. The maximum absolute atomic E-state index is 12.7. The number of piperazine rings is 1. The van der Waals surface area contributed by atoms with Crippen LogP contribution in [0, 0.1) is 5.92 Å². The highest BCUT2D eigenvalue weighted by atomic mass is 35.5. The number of hydrogen-bond acceptors (Lipinski definition) is 4. The van der Waals surface area contributed by atoms with E-state index in [1.165, 1.54) is 0 Å². The number of amides is 2. The molecule has 7 heteroatoms. The van der Waals surface area contributed by atoms with Gasteiger partial charge in [0.1, 0.15) is 0 Å². The van der Waals surface area contributed by atoms with Crippen LogP contribution in [0.5, 0.6) is 0 Å². The largest absolute Gasteiger partial charge is 0.395 e. The van der Waals surface area contributed by atoms with Gasteiger partial charge in [-0.2, -0.15) is 0 Å². The lowest BCUT2D eigenvalue weighted by Crippen LogP contribution is -2.51. The quantitative estimate of drug-likeness (QED) is 0.872. The van der Waals surface area contributed by atoms with Crippen molar-refractivity contribution in [1.82, 2.24) is 9.80 Å². The summed E-state index contributed by atoms with van der Waals surface area (Å²) in [6.07, 6.45) is 0.237. The van der Waals surface area contributed by atoms with Crippen LogP contribution in [0.2, 0.25) is 5.02 Å². The topological polar surface area (TPSA) is 64.1 Å². The Bertz CT molecular complexity index is 617. The number of β-amino-alcohol motifs (C(OH)–C–C–N with tert-alkyl or cyclic N) is 1. The molecule has 2 aliphatic heterocycles. The molecule has 2 fully saturated rings. The fourth-order valence-electron chi connectivity index (χ4n) is 3.37. The second kappa shape index (κ2) is 7.51. The molecule has 1 atom stereocenters. The minimum Gasteiger partial charge on any atom is -0.395 e. The number of hydrogen-bond donors (Lipinski definition) is 1. The van der Waals surface area contributed by atoms with E-state index in [4.69, 9.17) is 16.7 Å². The average molecular weight is 352 g/mol. The first-order valence-corrected chi connectivity index (χ1v) is 8.65. The first-order chi connectivity index (χ1) is 11.6. The van der Waals surface area contributed by atoms with E-state index >= 15 is 0 Å². The maximum Gasteiger partial charge on any atom is 0.228 e. The van der Waals surface area contributed by atoms with Crippen molar-refractivity contribution in [2.24, 2.45) is 5.92 Å². The van der Waals surface area contributed by atoms with Crippen molar-refractivity contribution in [1.29, 1.82) is 0 Å². The van der Waals surface area contributed by atoms with Gasteiger partial charge in [-0.15, -0.1) is 0 Å². The number of benzene rings is 1. The summed E-state index contributed by atoms with van der Waals surface area (Å²) < 4.78 is 0. The number of rotatable bonds is 4. The number of halogens is 1. The first-order valence-electron chi connectivity index (χ1n) is 8.27. The molecule has 130 valence electrons. The van der Waals surface area contributed by atoms with Gasteiger partial charge in [0.25, 0.3) is 0 Å². The molecule has 2 amide bonds. The van der Waals surface area contributed by atoms with Crippen molar-refractivity contribution in [3.05, 3.63) is 29.3 Å². The molecule has 24 heavy (non-hydrogen) atoms. The second-order valence-corrected chi connectivity index (χ2v) is 6.65. The number of anilines is 1. The van der Waals surface area contributed by atoms with E-state index in [0.717, 1.165) is 13.1 Å². The van der Waals surface area contributed by atoms with Gasteiger partial charge in [-0.1, -0.05) is 23.7 Å². The highest BCUT2D eigenvalue weighted by Crippen LogP contribution is 2.31. The monoisotopic (exact) mass is 351 g/mol. The van der Waals surface area contributed by atoms with Gasteiger partial charge in [-0.05, 0) is 12.1 Å². The Morgan fingerprint density at radius 1 is 1.21 bits per heavy atom. The molecule has 0 spiro atoms. The highest BCUT2D eigenvalue weighted by Gasteiger charge is 2.38. The van der Waals surface area contributed by atoms with E-state index in [0.29, 0.717) is 36.9 Å². The lowest BCUT2D eigenvalue weighted by atomic mass is 10.1. The molecule has 0 radical (unpaired) electrons. The van der Waals surface area contributed by atoms with E-state index in [9.17, 15) is 9.59 Å². The summed E-state index contributed by atoms with van der Waals surface area (Å²) in [5.41, 5.74) is 0.673. The SMILES string of the molecule is O=C(C1CC(=O)N(c2ccccc2Cl)C1)N1CCN(CCO)CC1. The van der Waals surface area contributed by atoms with Crippen LogP contribution in [-0.4, -0.2) is 72.6 Å². The van der Waals surface area contributed by atoms with Crippen molar-refractivity contribution >= 4 is 29.1 Å². The van der Waals surface area contributed by atoms with Crippen molar-refractivity contribution in [2.75, 3.05) is 50.8 Å². The molecule has 2 heterocycles. The number of nitrogens with zero attached hydrogens (tertiary/aromatic N) is 3. The molecule has 0 bridgehead atoms. The molecule has 2 aliphatic rings. The molecular weight excluding hydrogens is 330 g/mol. The van der Waals surface area contributed by atoms with Crippen molar-refractivity contribution in [3.63, 3.8) is 0 Å². The fourth-order valence-corrected chi connectivity index (χ4v) is 3.61. The summed E-state index contributed by atoms with van der Waals surface area (Å²) in [5, 5.41) is 9.50.